The Morgan fingerprint density at radius 2 is 1.95 bits per heavy atom. The number of rotatable bonds is 5. The quantitative estimate of drug-likeness (QED) is 0.904. The fraction of sp³-hybridized carbons (Fsp3) is 0.278. The number of aryl methyl sites for hydroxylation is 1. The van der Waals surface area contributed by atoms with E-state index in [1.54, 1.807) is 0 Å². The van der Waals surface area contributed by atoms with Gasteiger partial charge in [-0.1, -0.05) is 41.6 Å². The molecular formula is C18H20FN2O+. The molecule has 0 fully saturated rings. The number of benzene rings is 2. The molecule has 0 amide bonds. The molecule has 22 heavy (non-hydrogen) atoms. The molecule has 3 nitrogen and oxygen atoms in total. The third-order valence-electron chi connectivity index (χ3n) is 3.91. The molecule has 0 spiro atoms. The van der Waals surface area contributed by atoms with E-state index in [2.05, 4.69) is 29.5 Å². The average molecular weight is 299 g/mol. The lowest BCUT2D eigenvalue weighted by Crippen LogP contribution is -2.84. The second-order valence-electron chi connectivity index (χ2n) is 5.64. The highest BCUT2D eigenvalue weighted by Gasteiger charge is 2.24. The van der Waals surface area contributed by atoms with Gasteiger partial charge in [-0.3, -0.25) is 0 Å². The monoisotopic (exact) mass is 299 g/mol. The molecule has 1 aliphatic rings. The molecule has 0 saturated heterocycles. The first-order valence-electron chi connectivity index (χ1n) is 7.57. The second kappa shape index (κ2) is 6.71. The summed E-state index contributed by atoms with van der Waals surface area (Å²) in [6.45, 7) is 3.75. The van der Waals surface area contributed by atoms with Crippen molar-refractivity contribution in [2.24, 2.45) is 5.16 Å². The third kappa shape index (κ3) is 3.52. The maximum absolute atomic E-state index is 12.8. The molecule has 1 heterocycles. The summed E-state index contributed by atoms with van der Waals surface area (Å²) in [6, 6.07) is 14.9. The molecule has 0 aromatic heterocycles. The van der Waals surface area contributed by atoms with E-state index in [9.17, 15) is 4.39 Å². The molecule has 114 valence electrons. The highest BCUT2D eigenvalue weighted by molar-refractivity contribution is 6.02. The highest BCUT2D eigenvalue weighted by Crippen LogP contribution is 2.18. The van der Waals surface area contributed by atoms with Crippen LogP contribution in [0.1, 0.15) is 23.1 Å². The van der Waals surface area contributed by atoms with E-state index in [0.717, 1.165) is 30.8 Å². The summed E-state index contributed by atoms with van der Waals surface area (Å²) in [6.07, 6.45) is 0.945. The average Bonchev–Trinajstić information content (AvgIpc) is 2.98. The predicted octanol–water partition coefficient (Wildman–Crippen LogP) is 2.39. The molecule has 0 aliphatic carbocycles. The Hall–Kier alpha value is -2.20. The van der Waals surface area contributed by atoms with E-state index in [1.165, 1.54) is 23.3 Å². The molecule has 0 radical (unpaired) electrons. The van der Waals surface area contributed by atoms with E-state index < -0.39 is 0 Å². The molecule has 0 saturated carbocycles. The van der Waals surface area contributed by atoms with Gasteiger partial charge >= 0.3 is 0 Å². The van der Waals surface area contributed by atoms with Crippen molar-refractivity contribution in [2.45, 2.75) is 26.0 Å². The minimum Gasteiger partial charge on any atom is -0.386 e. The zero-order valence-electron chi connectivity index (χ0n) is 12.6. The van der Waals surface area contributed by atoms with Gasteiger partial charge in [-0.2, -0.15) is 0 Å². The molecule has 2 aromatic carbocycles. The van der Waals surface area contributed by atoms with Crippen LogP contribution in [0.4, 0.5) is 4.39 Å². The Labute approximate surface area is 129 Å². The molecular weight excluding hydrogens is 279 g/mol. The standard InChI is InChI=1S/C18H19FN2O/c1-13-4-2-3-5-17(13)18-10-16(22-21-18)12-20-11-14-6-8-15(19)9-7-14/h2-9,16,20H,10-12H2,1H3/p+1/t16-/m0/s1. The Kier molecular flexibility index (Phi) is 4.49. The number of hydrogen-bond acceptors (Lipinski definition) is 2. The first-order chi connectivity index (χ1) is 10.7. The Morgan fingerprint density at radius 3 is 2.73 bits per heavy atom. The summed E-state index contributed by atoms with van der Waals surface area (Å²) in [7, 11) is 0. The van der Waals surface area contributed by atoms with Crippen molar-refractivity contribution >= 4 is 5.71 Å². The number of quaternary nitrogens is 1. The summed E-state index contributed by atoms with van der Waals surface area (Å²) in [5.41, 5.74) is 4.53. The molecule has 0 unspecified atom stereocenters. The Balaban J connectivity index is 1.48. The van der Waals surface area contributed by atoms with Crippen LogP contribution in [-0.2, 0) is 11.4 Å². The van der Waals surface area contributed by atoms with Crippen LogP contribution >= 0.6 is 0 Å². The number of halogens is 1. The van der Waals surface area contributed by atoms with Crippen molar-refractivity contribution in [3.8, 4) is 0 Å². The number of hydrogen-bond donors (Lipinski definition) is 1. The lowest BCUT2D eigenvalue weighted by atomic mass is 10.0. The van der Waals surface area contributed by atoms with Gasteiger partial charge in [0.1, 0.15) is 18.9 Å². The van der Waals surface area contributed by atoms with Gasteiger partial charge in [0.2, 0.25) is 0 Å². The van der Waals surface area contributed by atoms with Crippen molar-refractivity contribution in [3.05, 3.63) is 71.0 Å². The topological polar surface area (TPSA) is 38.2 Å². The van der Waals surface area contributed by atoms with Crippen LogP contribution in [0.15, 0.2) is 53.7 Å². The second-order valence-corrected chi connectivity index (χ2v) is 5.64. The molecule has 2 N–H and O–H groups in total. The van der Waals surface area contributed by atoms with Crippen molar-refractivity contribution < 1.29 is 14.5 Å². The first kappa shape index (κ1) is 14.7. The van der Waals surface area contributed by atoms with Crippen molar-refractivity contribution in [2.75, 3.05) is 6.54 Å². The highest BCUT2D eigenvalue weighted by atomic mass is 19.1. The summed E-state index contributed by atoms with van der Waals surface area (Å²) in [5.74, 6) is -0.195. The largest absolute Gasteiger partial charge is 0.386 e. The van der Waals surface area contributed by atoms with E-state index in [0.29, 0.717) is 0 Å². The lowest BCUT2D eigenvalue weighted by Gasteiger charge is -2.07. The van der Waals surface area contributed by atoms with Gasteiger partial charge in [0, 0.05) is 17.5 Å². The van der Waals surface area contributed by atoms with Gasteiger partial charge in [0.15, 0.2) is 6.10 Å². The summed E-state index contributed by atoms with van der Waals surface area (Å²) < 4.78 is 12.8. The smallest absolute Gasteiger partial charge is 0.181 e. The Bertz CT molecular complexity index is 667. The SMILES string of the molecule is Cc1ccccc1C1=NO[C@H](C[NH2+]Cc2ccc(F)cc2)C1. The maximum Gasteiger partial charge on any atom is 0.181 e. The van der Waals surface area contributed by atoms with Crippen LogP contribution in [0.3, 0.4) is 0 Å². The first-order valence-corrected chi connectivity index (χ1v) is 7.57. The zero-order valence-corrected chi connectivity index (χ0v) is 12.6. The molecule has 3 rings (SSSR count). The predicted molar refractivity (Wildman–Crippen MR) is 84.1 cm³/mol. The lowest BCUT2D eigenvalue weighted by molar-refractivity contribution is -0.676. The van der Waals surface area contributed by atoms with Gasteiger partial charge in [0.25, 0.3) is 0 Å². The number of nitrogens with two attached hydrogens (primary N) is 1. The fourth-order valence-corrected chi connectivity index (χ4v) is 2.67. The minimum absolute atomic E-state index is 0.107. The number of oxime groups is 1. The van der Waals surface area contributed by atoms with E-state index in [-0.39, 0.29) is 11.9 Å². The van der Waals surface area contributed by atoms with Crippen LogP contribution in [0.5, 0.6) is 0 Å². The van der Waals surface area contributed by atoms with Gasteiger partial charge in [-0.05, 0) is 24.6 Å². The number of nitrogens with zero attached hydrogens (tertiary/aromatic N) is 1. The summed E-state index contributed by atoms with van der Waals surface area (Å²) in [5, 5.41) is 6.41. The van der Waals surface area contributed by atoms with E-state index in [1.807, 2.05) is 24.3 Å². The summed E-state index contributed by atoms with van der Waals surface area (Å²) >= 11 is 0. The minimum atomic E-state index is -0.195. The third-order valence-corrected chi connectivity index (χ3v) is 3.91. The van der Waals surface area contributed by atoms with Crippen LogP contribution in [0.25, 0.3) is 0 Å². The fourth-order valence-electron chi connectivity index (χ4n) is 2.67. The molecule has 2 aromatic rings. The van der Waals surface area contributed by atoms with Crippen LogP contribution < -0.4 is 5.32 Å². The zero-order chi connectivity index (χ0) is 15.4. The van der Waals surface area contributed by atoms with Crippen LogP contribution in [-0.4, -0.2) is 18.4 Å². The van der Waals surface area contributed by atoms with Gasteiger partial charge < -0.3 is 10.2 Å². The van der Waals surface area contributed by atoms with Crippen molar-refractivity contribution in [3.63, 3.8) is 0 Å². The Morgan fingerprint density at radius 1 is 1.18 bits per heavy atom. The molecule has 4 heteroatoms. The van der Waals surface area contributed by atoms with Gasteiger partial charge in [-0.25, -0.2) is 4.39 Å². The molecule has 1 atom stereocenters. The normalized spacial score (nSPS) is 17.2. The van der Waals surface area contributed by atoms with Gasteiger partial charge in [-0.15, -0.1) is 0 Å². The van der Waals surface area contributed by atoms with Gasteiger partial charge in [0.05, 0.1) is 5.71 Å². The van der Waals surface area contributed by atoms with Crippen LogP contribution in [0, 0.1) is 12.7 Å². The maximum atomic E-state index is 12.8. The van der Waals surface area contributed by atoms with Crippen LogP contribution in [0.2, 0.25) is 0 Å². The van der Waals surface area contributed by atoms with E-state index >= 15 is 0 Å². The van der Waals surface area contributed by atoms with Crippen molar-refractivity contribution in [1.29, 1.82) is 0 Å². The summed E-state index contributed by atoms with van der Waals surface area (Å²) in [4.78, 5) is 5.53. The molecule has 1 aliphatic heterocycles. The molecule has 0 bridgehead atoms. The van der Waals surface area contributed by atoms with Crippen molar-refractivity contribution in [1.82, 2.24) is 0 Å². The van der Waals surface area contributed by atoms with E-state index in [4.69, 9.17) is 4.84 Å².